The Morgan fingerprint density at radius 3 is 2.02 bits per heavy atom. The fourth-order valence-corrected chi connectivity index (χ4v) is 4.96. The van der Waals surface area contributed by atoms with Crippen LogP contribution in [-0.2, 0) is 18.0 Å². The second kappa shape index (κ2) is 13.6. The third-order valence-corrected chi connectivity index (χ3v) is 7.17. The van der Waals surface area contributed by atoms with Gasteiger partial charge in [-0.05, 0) is 68.1 Å². The zero-order chi connectivity index (χ0) is 30.2. The van der Waals surface area contributed by atoms with Gasteiger partial charge in [0.05, 0.1) is 0 Å². The molecule has 224 valence electrons. The van der Waals surface area contributed by atoms with Gasteiger partial charge in [0.25, 0.3) is 0 Å². The molecule has 0 unspecified atom stereocenters. The molecule has 1 amide bonds. The number of rotatable bonds is 9. The number of carbonyl (C=O) groups excluding carboxylic acids is 1. The van der Waals surface area contributed by atoms with Crippen LogP contribution in [0.4, 0.5) is 4.79 Å². The number of nitrogens with zero attached hydrogens (tertiary/aromatic N) is 2. The Balaban J connectivity index is 1.28. The number of piperidine rings is 1. The quantitative estimate of drug-likeness (QED) is 0.200. The van der Waals surface area contributed by atoms with Gasteiger partial charge in [-0.3, -0.25) is 0 Å². The topological polar surface area (TPSA) is 70.1 Å². The molecule has 0 saturated carbocycles. The summed E-state index contributed by atoms with van der Waals surface area (Å²) in [5, 5.41) is 0. The summed E-state index contributed by atoms with van der Waals surface area (Å²) in [6, 6.07) is 30.1. The SMILES string of the molecule is Cc1cc(OC2CCN(C(=O)OC(C)(C)C)CC2)ccc1-c1ccc(OCc2ccccc2)nc1OCc1ccccc1. The number of ether oxygens (including phenoxy) is 4. The molecule has 7 heteroatoms. The lowest BCUT2D eigenvalue weighted by Gasteiger charge is -2.33. The minimum atomic E-state index is -0.499. The van der Waals surface area contributed by atoms with Gasteiger partial charge in [0.1, 0.15) is 30.7 Å². The second-order valence-corrected chi connectivity index (χ2v) is 11.8. The van der Waals surface area contributed by atoms with Crippen molar-refractivity contribution in [2.45, 2.75) is 65.5 Å². The first-order valence-electron chi connectivity index (χ1n) is 14.8. The highest BCUT2D eigenvalue weighted by Crippen LogP contribution is 2.35. The molecule has 43 heavy (non-hydrogen) atoms. The minimum absolute atomic E-state index is 0.0383. The van der Waals surface area contributed by atoms with E-state index < -0.39 is 5.60 Å². The minimum Gasteiger partial charge on any atom is -0.490 e. The second-order valence-electron chi connectivity index (χ2n) is 11.8. The molecule has 5 rings (SSSR count). The molecule has 7 nitrogen and oxygen atoms in total. The van der Waals surface area contributed by atoms with Crippen molar-refractivity contribution < 1.29 is 23.7 Å². The molecule has 0 N–H and O–H groups in total. The maximum absolute atomic E-state index is 12.4. The van der Waals surface area contributed by atoms with E-state index in [1.807, 2.05) is 99.6 Å². The summed E-state index contributed by atoms with van der Waals surface area (Å²) in [5.41, 5.74) is 4.58. The Hall–Kier alpha value is -4.52. The van der Waals surface area contributed by atoms with Crippen molar-refractivity contribution >= 4 is 6.09 Å². The summed E-state index contributed by atoms with van der Waals surface area (Å²) < 4.78 is 24.1. The Bertz CT molecular complexity index is 1490. The van der Waals surface area contributed by atoms with Crippen LogP contribution in [0.5, 0.6) is 17.5 Å². The van der Waals surface area contributed by atoms with Crippen molar-refractivity contribution in [3.05, 3.63) is 108 Å². The number of benzene rings is 3. The van der Waals surface area contributed by atoms with Crippen LogP contribution in [0.25, 0.3) is 11.1 Å². The zero-order valence-electron chi connectivity index (χ0n) is 25.4. The monoisotopic (exact) mass is 580 g/mol. The molecule has 0 bridgehead atoms. The van der Waals surface area contributed by atoms with E-state index in [-0.39, 0.29) is 12.2 Å². The van der Waals surface area contributed by atoms with Crippen molar-refractivity contribution in [2.24, 2.45) is 0 Å². The molecule has 1 aromatic heterocycles. The van der Waals surface area contributed by atoms with Gasteiger partial charge < -0.3 is 23.8 Å². The Morgan fingerprint density at radius 1 is 0.814 bits per heavy atom. The van der Waals surface area contributed by atoms with E-state index >= 15 is 0 Å². The number of likely N-dealkylation sites (tertiary alicyclic amines) is 1. The third-order valence-electron chi connectivity index (χ3n) is 7.17. The maximum atomic E-state index is 12.4. The molecule has 2 heterocycles. The zero-order valence-corrected chi connectivity index (χ0v) is 25.4. The van der Waals surface area contributed by atoms with E-state index in [2.05, 4.69) is 19.1 Å². The summed E-state index contributed by atoms with van der Waals surface area (Å²) in [7, 11) is 0. The van der Waals surface area contributed by atoms with Gasteiger partial charge >= 0.3 is 6.09 Å². The highest BCUT2D eigenvalue weighted by molar-refractivity contribution is 5.73. The first-order valence-corrected chi connectivity index (χ1v) is 14.8. The van der Waals surface area contributed by atoms with Crippen molar-refractivity contribution in [3.8, 4) is 28.6 Å². The normalized spacial score (nSPS) is 13.8. The van der Waals surface area contributed by atoms with Crippen LogP contribution in [0.15, 0.2) is 91.0 Å². The fourth-order valence-electron chi connectivity index (χ4n) is 4.96. The van der Waals surface area contributed by atoms with E-state index in [4.69, 9.17) is 23.9 Å². The van der Waals surface area contributed by atoms with Crippen LogP contribution in [0.2, 0.25) is 0 Å². The van der Waals surface area contributed by atoms with Crippen molar-refractivity contribution in [1.82, 2.24) is 9.88 Å². The van der Waals surface area contributed by atoms with E-state index in [1.165, 1.54) is 0 Å². The van der Waals surface area contributed by atoms with E-state index in [1.54, 1.807) is 4.90 Å². The highest BCUT2D eigenvalue weighted by atomic mass is 16.6. The lowest BCUT2D eigenvalue weighted by molar-refractivity contribution is 0.0126. The molecular weight excluding hydrogens is 540 g/mol. The Morgan fingerprint density at radius 2 is 1.42 bits per heavy atom. The van der Waals surface area contributed by atoms with Gasteiger partial charge in [0, 0.05) is 37.6 Å². The Labute approximate surface area is 254 Å². The van der Waals surface area contributed by atoms with Gasteiger partial charge in [-0.25, -0.2) is 4.79 Å². The van der Waals surface area contributed by atoms with E-state index in [0.29, 0.717) is 38.1 Å². The number of carbonyl (C=O) groups is 1. The molecule has 4 aromatic rings. The molecule has 0 radical (unpaired) electrons. The number of amides is 1. The van der Waals surface area contributed by atoms with Gasteiger partial charge in [0.2, 0.25) is 11.8 Å². The molecule has 1 saturated heterocycles. The predicted octanol–water partition coefficient (Wildman–Crippen LogP) is 7.99. The summed E-state index contributed by atoms with van der Waals surface area (Å²) >= 11 is 0. The first kappa shape index (κ1) is 30.0. The van der Waals surface area contributed by atoms with Crippen LogP contribution in [0.1, 0.15) is 50.3 Å². The van der Waals surface area contributed by atoms with Gasteiger partial charge in [0.15, 0.2) is 0 Å². The molecule has 0 spiro atoms. The number of pyridine rings is 1. The number of hydrogen-bond donors (Lipinski definition) is 0. The van der Waals surface area contributed by atoms with Crippen molar-refractivity contribution in [3.63, 3.8) is 0 Å². The first-order chi connectivity index (χ1) is 20.7. The van der Waals surface area contributed by atoms with Crippen molar-refractivity contribution in [2.75, 3.05) is 13.1 Å². The van der Waals surface area contributed by atoms with E-state index in [9.17, 15) is 4.79 Å². The predicted molar refractivity (Wildman–Crippen MR) is 167 cm³/mol. The summed E-state index contributed by atoms with van der Waals surface area (Å²) in [5.74, 6) is 1.83. The molecule has 0 atom stereocenters. The van der Waals surface area contributed by atoms with Gasteiger partial charge in [-0.1, -0.05) is 66.7 Å². The van der Waals surface area contributed by atoms with Crippen molar-refractivity contribution in [1.29, 1.82) is 0 Å². The highest BCUT2D eigenvalue weighted by Gasteiger charge is 2.27. The number of aromatic nitrogens is 1. The lowest BCUT2D eigenvalue weighted by Crippen LogP contribution is -2.44. The largest absolute Gasteiger partial charge is 0.490 e. The molecule has 3 aromatic carbocycles. The standard InChI is InChI=1S/C36H40N2O5/c1-26-23-30(42-29-19-21-38(22-20-29)35(39)43-36(2,3)4)15-16-31(26)32-17-18-33(40-24-27-11-7-5-8-12-27)37-34(32)41-25-28-13-9-6-10-14-28/h5-18,23,29H,19-22,24-25H2,1-4H3. The molecule has 1 aliphatic heterocycles. The van der Waals surface area contributed by atoms with Crippen LogP contribution in [-0.4, -0.2) is 40.8 Å². The molecule has 1 aliphatic rings. The lowest BCUT2D eigenvalue weighted by atomic mass is 10.0. The fraction of sp³-hybridized carbons (Fsp3) is 0.333. The van der Waals surface area contributed by atoms with Crippen LogP contribution in [0, 0.1) is 6.92 Å². The number of aryl methyl sites for hydroxylation is 1. The number of hydrogen-bond acceptors (Lipinski definition) is 6. The Kier molecular flexibility index (Phi) is 9.50. The van der Waals surface area contributed by atoms with Crippen LogP contribution in [0.3, 0.4) is 0 Å². The summed E-state index contributed by atoms with van der Waals surface area (Å²) in [4.78, 5) is 18.9. The maximum Gasteiger partial charge on any atom is 0.410 e. The average molecular weight is 581 g/mol. The van der Waals surface area contributed by atoms with Crippen LogP contribution < -0.4 is 14.2 Å². The van der Waals surface area contributed by atoms with Gasteiger partial charge in [-0.15, -0.1) is 0 Å². The third kappa shape index (κ3) is 8.51. The average Bonchev–Trinajstić information content (AvgIpc) is 3.00. The van der Waals surface area contributed by atoms with E-state index in [0.717, 1.165) is 46.4 Å². The summed E-state index contributed by atoms with van der Waals surface area (Å²) in [6.07, 6.45) is 1.29. The molecular formula is C36H40N2O5. The smallest absolute Gasteiger partial charge is 0.410 e. The molecule has 1 fully saturated rings. The molecule has 0 aliphatic carbocycles. The summed E-state index contributed by atoms with van der Waals surface area (Å²) in [6.45, 7) is 9.76. The van der Waals surface area contributed by atoms with Gasteiger partial charge in [-0.2, -0.15) is 4.98 Å². The van der Waals surface area contributed by atoms with Crippen LogP contribution >= 0.6 is 0 Å².